The summed E-state index contributed by atoms with van der Waals surface area (Å²) in [5, 5.41) is 2.86. The Hall–Kier alpha value is -2.82. The van der Waals surface area contributed by atoms with Crippen LogP contribution in [0.25, 0.3) is 0 Å². The van der Waals surface area contributed by atoms with Gasteiger partial charge in [-0.2, -0.15) is 0 Å². The lowest BCUT2D eigenvalue weighted by molar-refractivity contribution is 0.102. The van der Waals surface area contributed by atoms with Crippen molar-refractivity contribution in [1.29, 1.82) is 0 Å². The summed E-state index contributed by atoms with van der Waals surface area (Å²) in [5.41, 5.74) is 3.27. The van der Waals surface area contributed by atoms with Crippen molar-refractivity contribution >= 4 is 23.4 Å². The molecule has 0 saturated carbocycles. The van der Waals surface area contributed by atoms with Crippen LogP contribution < -0.4 is 10.2 Å². The molecule has 0 unspecified atom stereocenters. The second-order valence-corrected chi connectivity index (χ2v) is 5.32. The number of anilines is 2. The second-order valence-electron chi connectivity index (χ2n) is 5.32. The summed E-state index contributed by atoms with van der Waals surface area (Å²) in [6, 6.07) is 14.7. The lowest BCUT2D eigenvalue weighted by Crippen LogP contribution is -2.23. The van der Waals surface area contributed by atoms with E-state index >= 15 is 0 Å². The molecule has 118 valence electrons. The summed E-state index contributed by atoms with van der Waals surface area (Å²) in [7, 11) is 0. The van der Waals surface area contributed by atoms with Crippen LogP contribution in [-0.2, 0) is 11.2 Å². The monoisotopic (exact) mass is 310 g/mol. The van der Waals surface area contributed by atoms with E-state index in [-0.39, 0.29) is 12.0 Å². The summed E-state index contributed by atoms with van der Waals surface area (Å²) in [6.45, 7) is 3.02. The van der Waals surface area contributed by atoms with Crippen LogP contribution in [0.15, 0.2) is 48.5 Å². The smallest absolute Gasteiger partial charge is 0.414 e. The van der Waals surface area contributed by atoms with Crippen LogP contribution in [-0.4, -0.2) is 25.2 Å². The maximum Gasteiger partial charge on any atom is 0.414 e. The van der Waals surface area contributed by atoms with Crippen LogP contribution in [0, 0.1) is 0 Å². The van der Waals surface area contributed by atoms with E-state index in [0.29, 0.717) is 18.7 Å². The molecule has 2 amide bonds. The number of amides is 2. The molecule has 23 heavy (non-hydrogen) atoms. The lowest BCUT2D eigenvalue weighted by atomic mass is 10.1. The average molecular weight is 310 g/mol. The topological polar surface area (TPSA) is 58.6 Å². The van der Waals surface area contributed by atoms with Gasteiger partial charge in [0.1, 0.15) is 6.61 Å². The van der Waals surface area contributed by atoms with Gasteiger partial charge >= 0.3 is 6.09 Å². The number of cyclic esters (lactones) is 1. The van der Waals surface area contributed by atoms with E-state index in [1.165, 1.54) is 5.56 Å². The first-order chi connectivity index (χ1) is 11.2. The molecule has 5 heteroatoms. The Balaban J connectivity index is 1.68. The zero-order valence-electron chi connectivity index (χ0n) is 12.9. The van der Waals surface area contributed by atoms with Gasteiger partial charge in [-0.05, 0) is 48.4 Å². The number of nitrogens with zero attached hydrogens (tertiary/aromatic N) is 1. The molecule has 0 aromatic heterocycles. The van der Waals surface area contributed by atoms with Gasteiger partial charge in [-0.15, -0.1) is 0 Å². The van der Waals surface area contributed by atoms with Crippen molar-refractivity contribution in [1.82, 2.24) is 0 Å². The lowest BCUT2D eigenvalue weighted by Gasteiger charge is -2.13. The number of benzene rings is 2. The highest BCUT2D eigenvalue weighted by Crippen LogP contribution is 2.20. The Labute approximate surface area is 134 Å². The summed E-state index contributed by atoms with van der Waals surface area (Å²) in [4.78, 5) is 25.3. The average Bonchev–Trinajstić information content (AvgIpc) is 3.02. The third-order valence-corrected chi connectivity index (χ3v) is 3.82. The molecule has 2 aromatic carbocycles. The Morgan fingerprint density at radius 3 is 2.39 bits per heavy atom. The highest BCUT2D eigenvalue weighted by Gasteiger charge is 2.23. The molecule has 5 nitrogen and oxygen atoms in total. The number of carbonyl (C=O) groups is 2. The zero-order valence-corrected chi connectivity index (χ0v) is 12.9. The Morgan fingerprint density at radius 1 is 1.13 bits per heavy atom. The molecular weight excluding hydrogens is 292 g/mol. The van der Waals surface area contributed by atoms with E-state index in [1.807, 2.05) is 24.3 Å². The van der Waals surface area contributed by atoms with E-state index < -0.39 is 0 Å². The van der Waals surface area contributed by atoms with E-state index in [0.717, 1.165) is 17.8 Å². The molecule has 1 saturated heterocycles. The van der Waals surface area contributed by atoms with Crippen molar-refractivity contribution < 1.29 is 14.3 Å². The predicted octanol–water partition coefficient (Wildman–Crippen LogP) is 3.46. The van der Waals surface area contributed by atoms with E-state index in [2.05, 4.69) is 12.2 Å². The molecule has 0 spiro atoms. The number of nitrogens with one attached hydrogen (secondary N) is 1. The number of hydrogen-bond donors (Lipinski definition) is 1. The van der Waals surface area contributed by atoms with Crippen LogP contribution in [0.5, 0.6) is 0 Å². The molecule has 3 rings (SSSR count). The largest absolute Gasteiger partial charge is 0.447 e. The summed E-state index contributed by atoms with van der Waals surface area (Å²) < 4.78 is 4.90. The fourth-order valence-electron chi connectivity index (χ4n) is 2.45. The van der Waals surface area contributed by atoms with Gasteiger partial charge in [0.15, 0.2) is 0 Å². The van der Waals surface area contributed by atoms with Crippen molar-refractivity contribution in [2.45, 2.75) is 13.3 Å². The maximum absolute atomic E-state index is 12.2. The van der Waals surface area contributed by atoms with Crippen LogP contribution in [0.2, 0.25) is 0 Å². The number of rotatable bonds is 4. The minimum atomic E-state index is -0.349. The molecule has 0 atom stereocenters. The molecule has 1 heterocycles. The van der Waals surface area contributed by atoms with Crippen molar-refractivity contribution in [3.63, 3.8) is 0 Å². The number of hydrogen-bond acceptors (Lipinski definition) is 3. The molecule has 1 aliphatic heterocycles. The molecule has 0 bridgehead atoms. The first kappa shape index (κ1) is 15.1. The first-order valence-corrected chi connectivity index (χ1v) is 7.62. The number of aryl methyl sites for hydroxylation is 1. The van der Waals surface area contributed by atoms with Gasteiger partial charge in [0.05, 0.1) is 6.54 Å². The van der Waals surface area contributed by atoms with Crippen molar-refractivity contribution in [2.75, 3.05) is 23.4 Å². The van der Waals surface area contributed by atoms with E-state index in [1.54, 1.807) is 29.2 Å². The fraction of sp³-hybridized carbons (Fsp3) is 0.222. The minimum absolute atomic E-state index is 0.176. The Morgan fingerprint density at radius 2 is 1.83 bits per heavy atom. The van der Waals surface area contributed by atoms with Gasteiger partial charge in [0.2, 0.25) is 0 Å². The summed E-state index contributed by atoms with van der Waals surface area (Å²) in [6.07, 6.45) is 0.618. The number of carbonyl (C=O) groups excluding carboxylic acids is 2. The van der Waals surface area contributed by atoms with Crippen molar-refractivity contribution in [3.05, 3.63) is 59.7 Å². The molecule has 0 radical (unpaired) electrons. The summed E-state index contributed by atoms with van der Waals surface area (Å²) >= 11 is 0. The molecule has 1 fully saturated rings. The SMILES string of the molecule is CCc1ccc(NC(=O)c2ccc(N3CCOC3=O)cc2)cc1. The van der Waals surface area contributed by atoms with Gasteiger partial charge in [-0.1, -0.05) is 19.1 Å². The highest BCUT2D eigenvalue weighted by atomic mass is 16.6. The minimum Gasteiger partial charge on any atom is -0.447 e. The molecule has 2 aromatic rings. The van der Waals surface area contributed by atoms with E-state index in [9.17, 15) is 9.59 Å². The third kappa shape index (κ3) is 3.34. The molecule has 1 aliphatic rings. The maximum atomic E-state index is 12.2. The molecular formula is C18H18N2O3. The van der Waals surface area contributed by atoms with Gasteiger partial charge in [0, 0.05) is 16.9 Å². The van der Waals surface area contributed by atoms with Crippen LogP contribution in [0.1, 0.15) is 22.8 Å². The Bertz CT molecular complexity index is 708. The zero-order chi connectivity index (χ0) is 16.2. The predicted molar refractivity (Wildman–Crippen MR) is 88.9 cm³/mol. The van der Waals surface area contributed by atoms with Crippen LogP contribution >= 0.6 is 0 Å². The second kappa shape index (κ2) is 6.52. The molecule has 1 N–H and O–H groups in total. The fourth-order valence-corrected chi connectivity index (χ4v) is 2.45. The van der Waals surface area contributed by atoms with Gasteiger partial charge in [-0.25, -0.2) is 4.79 Å². The van der Waals surface area contributed by atoms with Gasteiger partial charge in [0.25, 0.3) is 5.91 Å². The normalized spacial score (nSPS) is 13.8. The van der Waals surface area contributed by atoms with Crippen LogP contribution in [0.4, 0.5) is 16.2 Å². The van der Waals surface area contributed by atoms with Gasteiger partial charge < -0.3 is 10.1 Å². The number of ether oxygens (including phenoxy) is 1. The molecule has 0 aliphatic carbocycles. The van der Waals surface area contributed by atoms with E-state index in [4.69, 9.17) is 4.74 Å². The highest BCUT2D eigenvalue weighted by molar-refractivity contribution is 6.04. The quantitative estimate of drug-likeness (QED) is 0.941. The van der Waals surface area contributed by atoms with Crippen molar-refractivity contribution in [2.24, 2.45) is 0 Å². The van der Waals surface area contributed by atoms with Crippen molar-refractivity contribution in [3.8, 4) is 0 Å². The van der Waals surface area contributed by atoms with Crippen LogP contribution in [0.3, 0.4) is 0 Å². The standard InChI is InChI=1S/C18H18N2O3/c1-2-13-3-7-15(8-4-13)19-17(21)14-5-9-16(10-6-14)20-11-12-23-18(20)22/h3-10H,2,11-12H2,1H3,(H,19,21). The van der Waals surface area contributed by atoms with Gasteiger partial charge in [-0.3, -0.25) is 9.69 Å². The summed E-state index contributed by atoms with van der Waals surface area (Å²) in [5.74, 6) is -0.176. The Kier molecular flexibility index (Phi) is 4.28. The third-order valence-electron chi connectivity index (χ3n) is 3.82. The first-order valence-electron chi connectivity index (χ1n) is 7.62.